The van der Waals surface area contributed by atoms with Gasteiger partial charge in [-0.1, -0.05) is 13.5 Å². The van der Waals surface area contributed by atoms with Gasteiger partial charge >= 0.3 is 17.9 Å². The van der Waals surface area contributed by atoms with Gasteiger partial charge in [0.2, 0.25) is 0 Å². The monoisotopic (exact) mass is 662 g/mol. The van der Waals surface area contributed by atoms with Crippen molar-refractivity contribution in [1.29, 1.82) is 0 Å². The summed E-state index contributed by atoms with van der Waals surface area (Å²) in [5, 5.41) is 0. The van der Waals surface area contributed by atoms with Gasteiger partial charge in [-0.25, -0.2) is 14.4 Å². The molecule has 11 heteroatoms. The van der Waals surface area contributed by atoms with Crippen LogP contribution in [0.15, 0.2) is 84.9 Å². The summed E-state index contributed by atoms with van der Waals surface area (Å²) in [6, 6.07) is 19.4. The van der Waals surface area contributed by atoms with Gasteiger partial charge in [-0.3, -0.25) is 0 Å². The lowest BCUT2D eigenvalue weighted by Crippen LogP contribution is -2.43. The number of rotatable bonds is 20. The highest BCUT2D eigenvalue weighted by Gasteiger charge is 2.33. The first-order valence-electron chi connectivity index (χ1n) is 15.8. The molecule has 0 radical (unpaired) electrons. The van der Waals surface area contributed by atoms with Crippen molar-refractivity contribution >= 4 is 17.9 Å². The number of unbranched alkanes of at least 4 members (excludes halogenated alkanes) is 1. The van der Waals surface area contributed by atoms with Crippen molar-refractivity contribution < 1.29 is 52.3 Å². The summed E-state index contributed by atoms with van der Waals surface area (Å²) in [5.74, 6) is 0.294. The van der Waals surface area contributed by atoms with Gasteiger partial charge < -0.3 is 37.9 Å². The van der Waals surface area contributed by atoms with Gasteiger partial charge in [0.1, 0.15) is 36.2 Å². The summed E-state index contributed by atoms with van der Waals surface area (Å²) < 4.78 is 43.5. The van der Waals surface area contributed by atoms with Crippen molar-refractivity contribution in [3.8, 4) is 23.0 Å². The maximum absolute atomic E-state index is 12.6. The first-order chi connectivity index (χ1) is 23.2. The van der Waals surface area contributed by atoms with E-state index < -0.39 is 17.9 Å². The SMILES string of the molecule is C=C(C)C(=O)OCCOCCOc1ccc(C(=O)Oc2ccc(OC(=O)c3ccc(OCCCCOCC4(C)COC4)cc3)cc2)cc1. The van der Waals surface area contributed by atoms with Crippen LogP contribution in [0.2, 0.25) is 0 Å². The van der Waals surface area contributed by atoms with Crippen LogP contribution in [0, 0.1) is 5.41 Å². The summed E-state index contributed by atoms with van der Waals surface area (Å²) >= 11 is 0. The van der Waals surface area contributed by atoms with E-state index in [2.05, 4.69) is 13.5 Å². The van der Waals surface area contributed by atoms with E-state index in [1.54, 1.807) is 79.7 Å². The van der Waals surface area contributed by atoms with Crippen molar-refractivity contribution in [2.24, 2.45) is 5.41 Å². The van der Waals surface area contributed by atoms with Crippen LogP contribution in [0.5, 0.6) is 23.0 Å². The molecule has 0 spiro atoms. The zero-order valence-corrected chi connectivity index (χ0v) is 27.4. The maximum atomic E-state index is 12.6. The molecule has 0 aromatic heterocycles. The third-order valence-electron chi connectivity index (χ3n) is 7.03. The minimum absolute atomic E-state index is 0.135. The highest BCUT2D eigenvalue weighted by atomic mass is 16.6. The average Bonchev–Trinajstić information content (AvgIpc) is 3.07. The van der Waals surface area contributed by atoms with Gasteiger partial charge in [0.15, 0.2) is 0 Å². The summed E-state index contributed by atoms with van der Waals surface area (Å²) in [6.45, 7) is 11.7. The Bertz CT molecular complexity index is 1480. The lowest BCUT2D eigenvalue weighted by atomic mass is 9.90. The molecule has 1 heterocycles. The number of carbonyl (C=O) groups is 3. The van der Waals surface area contributed by atoms with E-state index in [1.165, 1.54) is 0 Å². The Morgan fingerprint density at radius 3 is 1.62 bits per heavy atom. The number of hydrogen-bond acceptors (Lipinski definition) is 11. The second-order valence-corrected chi connectivity index (χ2v) is 11.6. The summed E-state index contributed by atoms with van der Waals surface area (Å²) in [6.07, 6.45) is 1.77. The van der Waals surface area contributed by atoms with Gasteiger partial charge in [0.25, 0.3) is 0 Å². The molecular formula is C37H42O11. The molecule has 0 aliphatic carbocycles. The highest BCUT2D eigenvalue weighted by molar-refractivity contribution is 5.92. The molecule has 0 atom stereocenters. The van der Waals surface area contributed by atoms with Crippen molar-refractivity contribution in [2.45, 2.75) is 26.7 Å². The second kappa shape index (κ2) is 18.6. The van der Waals surface area contributed by atoms with Crippen molar-refractivity contribution in [3.05, 3.63) is 96.1 Å². The molecule has 0 N–H and O–H groups in total. The predicted molar refractivity (Wildman–Crippen MR) is 176 cm³/mol. The Kier molecular flexibility index (Phi) is 14.0. The van der Waals surface area contributed by atoms with Crippen LogP contribution < -0.4 is 18.9 Å². The van der Waals surface area contributed by atoms with Gasteiger partial charge in [0, 0.05) is 17.6 Å². The lowest BCUT2D eigenvalue weighted by molar-refractivity contribution is -0.140. The molecule has 11 nitrogen and oxygen atoms in total. The number of carbonyl (C=O) groups excluding carboxylic acids is 3. The van der Waals surface area contributed by atoms with E-state index in [4.69, 9.17) is 37.9 Å². The lowest BCUT2D eigenvalue weighted by Gasteiger charge is -2.37. The molecule has 48 heavy (non-hydrogen) atoms. The molecule has 3 aromatic rings. The zero-order chi connectivity index (χ0) is 34.2. The Morgan fingerprint density at radius 2 is 1.12 bits per heavy atom. The van der Waals surface area contributed by atoms with E-state index >= 15 is 0 Å². The Labute approximate surface area is 280 Å². The van der Waals surface area contributed by atoms with Gasteiger partial charge in [0.05, 0.1) is 50.8 Å². The molecule has 0 bridgehead atoms. The standard InChI is InChI=1S/C37H42O11/c1-27(2)34(38)46-23-21-41-20-22-45-31-12-8-29(9-13-31)36(40)48-33-16-14-32(15-17-33)47-35(39)28-6-10-30(11-7-28)44-19-5-4-18-42-24-37(3)25-43-26-37/h6-17H,1,4-5,18-26H2,2-3H3. The summed E-state index contributed by atoms with van der Waals surface area (Å²) in [7, 11) is 0. The van der Waals surface area contributed by atoms with Gasteiger partial charge in [-0.2, -0.15) is 0 Å². The van der Waals surface area contributed by atoms with E-state index in [0.29, 0.717) is 59.5 Å². The van der Waals surface area contributed by atoms with E-state index in [1.807, 2.05) is 0 Å². The quantitative estimate of drug-likeness (QED) is 0.0626. The smallest absolute Gasteiger partial charge is 0.343 e. The summed E-state index contributed by atoms with van der Waals surface area (Å²) in [5.41, 5.74) is 1.21. The second-order valence-electron chi connectivity index (χ2n) is 11.6. The molecule has 3 aromatic carbocycles. The van der Waals surface area contributed by atoms with E-state index in [-0.39, 0.29) is 25.2 Å². The van der Waals surface area contributed by atoms with Crippen LogP contribution in [0.25, 0.3) is 0 Å². The molecule has 0 unspecified atom stereocenters. The summed E-state index contributed by atoms with van der Waals surface area (Å²) in [4.78, 5) is 36.5. The molecule has 256 valence electrons. The number of hydrogen-bond donors (Lipinski definition) is 0. The predicted octanol–water partition coefficient (Wildman–Crippen LogP) is 5.85. The molecule has 0 amide bonds. The Morgan fingerprint density at radius 1 is 0.646 bits per heavy atom. The fraction of sp³-hybridized carbons (Fsp3) is 0.378. The molecular weight excluding hydrogens is 620 g/mol. The molecule has 4 rings (SSSR count). The fourth-order valence-corrected chi connectivity index (χ4v) is 4.27. The largest absolute Gasteiger partial charge is 0.494 e. The number of esters is 3. The van der Waals surface area contributed by atoms with E-state index in [9.17, 15) is 14.4 Å². The number of benzene rings is 3. The van der Waals surface area contributed by atoms with Gasteiger partial charge in [-0.15, -0.1) is 0 Å². The zero-order valence-electron chi connectivity index (χ0n) is 27.4. The van der Waals surface area contributed by atoms with Crippen LogP contribution in [-0.2, 0) is 23.7 Å². The number of ether oxygens (including phenoxy) is 8. The molecule has 1 saturated heterocycles. The van der Waals surface area contributed by atoms with E-state index in [0.717, 1.165) is 32.7 Å². The molecule has 1 fully saturated rings. The third-order valence-corrected chi connectivity index (χ3v) is 7.03. The highest BCUT2D eigenvalue weighted by Crippen LogP contribution is 2.26. The molecule has 1 aliphatic rings. The molecule has 1 aliphatic heterocycles. The first-order valence-corrected chi connectivity index (χ1v) is 15.8. The van der Waals surface area contributed by atoms with Crippen molar-refractivity contribution in [1.82, 2.24) is 0 Å². The van der Waals surface area contributed by atoms with Crippen LogP contribution >= 0.6 is 0 Å². The maximum Gasteiger partial charge on any atom is 0.343 e. The van der Waals surface area contributed by atoms with Crippen LogP contribution in [0.4, 0.5) is 0 Å². The first kappa shape index (κ1) is 36.1. The topological polar surface area (TPSA) is 125 Å². The van der Waals surface area contributed by atoms with Crippen molar-refractivity contribution in [3.63, 3.8) is 0 Å². The molecule has 0 saturated carbocycles. The van der Waals surface area contributed by atoms with Gasteiger partial charge in [-0.05, 0) is 92.6 Å². The van der Waals surface area contributed by atoms with Crippen molar-refractivity contribution in [2.75, 3.05) is 59.5 Å². The van der Waals surface area contributed by atoms with Crippen LogP contribution in [-0.4, -0.2) is 77.4 Å². The average molecular weight is 663 g/mol. The third kappa shape index (κ3) is 12.1. The minimum Gasteiger partial charge on any atom is -0.494 e. The van der Waals surface area contributed by atoms with Crippen LogP contribution in [0.3, 0.4) is 0 Å². The Balaban J connectivity index is 1.10. The van der Waals surface area contributed by atoms with Crippen LogP contribution in [0.1, 0.15) is 47.4 Å². The minimum atomic E-state index is -0.552. The normalized spacial score (nSPS) is 13.1. The fourth-order valence-electron chi connectivity index (χ4n) is 4.27. The Hall–Kier alpha value is -4.71.